The number of rotatable bonds is 5. The summed E-state index contributed by atoms with van der Waals surface area (Å²) >= 11 is 0. The first-order valence-corrected chi connectivity index (χ1v) is 5.73. The van der Waals surface area contributed by atoms with Gasteiger partial charge in [-0.1, -0.05) is 24.2 Å². The molecule has 7 heteroatoms. The van der Waals surface area contributed by atoms with E-state index < -0.39 is 0 Å². The average Bonchev–Trinajstić information content (AvgIpc) is 2.88. The third-order valence-electron chi connectivity index (χ3n) is 2.47. The minimum Gasteiger partial charge on any atom is -0.381 e. The summed E-state index contributed by atoms with van der Waals surface area (Å²) in [5.74, 6) is 1.72. The van der Waals surface area contributed by atoms with E-state index in [2.05, 4.69) is 27.4 Å². The smallest absolute Gasteiger partial charge is 0.248 e. The number of hydrogen-bond donors (Lipinski definition) is 1. The maximum atomic E-state index is 5.70. The molecule has 0 radical (unpaired) electrons. The fourth-order valence-electron chi connectivity index (χ4n) is 1.64. The molecule has 17 heavy (non-hydrogen) atoms. The molecule has 2 aromatic heterocycles. The number of aryl methyl sites for hydroxylation is 1. The van der Waals surface area contributed by atoms with Crippen molar-refractivity contribution >= 4 is 5.82 Å². The largest absolute Gasteiger partial charge is 0.381 e. The van der Waals surface area contributed by atoms with Crippen LogP contribution in [0.2, 0.25) is 0 Å². The summed E-state index contributed by atoms with van der Waals surface area (Å²) in [5, 5.41) is 11.7. The zero-order valence-electron chi connectivity index (χ0n) is 10.1. The molecule has 0 fully saturated rings. The average molecular weight is 236 g/mol. The normalized spacial score (nSPS) is 10.9. The Balaban J connectivity index is 2.13. The lowest BCUT2D eigenvalue weighted by atomic mass is 10.3. The van der Waals surface area contributed by atoms with E-state index in [9.17, 15) is 0 Å². The standard InChI is InChI=1S/C10H16N6O/c1-3-5-8-12-9(17-14-8)6-16-7(4-2)10(11)13-15-16/h3-6,11H2,1-2H3. The third kappa shape index (κ3) is 2.43. The molecule has 0 atom stereocenters. The van der Waals surface area contributed by atoms with Crippen LogP contribution in [-0.2, 0) is 19.4 Å². The number of anilines is 1. The Bertz CT molecular complexity index is 489. The molecule has 2 aromatic rings. The van der Waals surface area contributed by atoms with Crippen molar-refractivity contribution in [3.63, 3.8) is 0 Å². The lowest BCUT2D eigenvalue weighted by Gasteiger charge is -2.00. The summed E-state index contributed by atoms with van der Waals surface area (Å²) in [6.45, 7) is 4.50. The highest BCUT2D eigenvalue weighted by atomic mass is 16.5. The van der Waals surface area contributed by atoms with E-state index in [0.717, 1.165) is 30.8 Å². The summed E-state index contributed by atoms with van der Waals surface area (Å²) in [6.07, 6.45) is 2.59. The van der Waals surface area contributed by atoms with Gasteiger partial charge in [-0.15, -0.1) is 5.10 Å². The molecule has 0 aromatic carbocycles. The van der Waals surface area contributed by atoms with Crippen LogP contribution in [0.5, 0.6) is 0 Å². The summed E-state index contributed by atoms with van der Waals surface area (Å²) in [7, 11) is 0. The summed E-state index contributed by atoms with van der Waals surface area (Å²) in [4.78, 5) is 4.27. The molecule has 0 amide bonds. The van der Waals surface area contributed by atoms with Gasteiger partial charge in [0.25, 0.3) is 0 Å². The topological polar surface area (TPSA) is 95.7 Å². The minimum atomic E-state index is 0.421. The highest BCUT2D eigenvalue weighted by Crippen LogP contribution is 2.10. The predicted molar refractivity (Wildman–Crippen MR) is 61.2 cm³/mol. The van der Waals surface area contributed by atoms with Crippen molar-refractivity contribution in [1.29, 1.82) is 0 Å². The molecule has 2 heterocycles. The van der Waals surface area contributed by atoms with Crippen molar-refractivity contribution in [2.75, 3.05) is 5.73 Å². The van der Waals surface area contributed by atoms with Crippen LogP contribution in [0, 0.1) is 0 Å². The number of nitrogens with zero attached hydrogens (tertiary/aromatic N) is 5. The number of nitrogen functional groups attached to an aromatic ring is 1. The zero-order chi connectivity index (χ0) is 12.3. The van der Waals surface area contributed by atoms with Crippen LogP contribution < -0.4 is 5.73 Å². The van der Waals surface area contributed by atoms with Crippen LogP contribution in [-0.4, -0.2) is 25.1 Å². The first-order chi connectivity index (χ1) is 8.24. The van der Waals surface area contributed by atoms with E-state index in [4.69, 9.17) is 10.3 Å². The second-order valence-corrected chi connectivity index (χ2v) is 3.79. The van der Waals surface area contributed by atoms with Crippen LogP contribution in [0.4, 0.5) is 5.82 Å². The Hall–Kier alpha value is -1.92. The minimum absolute atomic E-state index is 0.421. The fourth-order valence-corrected chi connectivity index (χ4v) is 1.64. The predicted octanol–water partition coefficient (Wildman–Crippen LogP) is 0.806. The van der Waals surface area contributed by atoms with Gasteiger partial charge >= 0.3 is 0 Å². The van der Waals surface area contributed by atoms with Crippen molar-refractivity contribution in [2.45, 2.75) is 39.7 Å². The van der Waals surface area contributed by atoms with Crippen LogP contribution in [0.25, 0.3) is 0 Å². The van der Waals surface area contributed by atoms with Crippen LogP contribution in [0.3, 0.4) is 0 Å². The van der Waals surface area contributed by atoms with E-state index in [0.29, 0.717) is 18.3 Å². The van der Waals surface area contributed by atoms with Gasteiger partial charge in [0.05, 0.1) is 5.69 Å². The Morgan fingerprint density at radius 2 is 2.18 bits per heavy atom. The monoisotopic (exact) mass is 236 g/mol. The molecule has 0 saturated carbocycles. The summed E-state index contributed by atoms with van der Waals surface area (Å²) in [5.41, 5.74) is 6.59. The van der Waals surface area contributed by atoms with Crippen molar-refractivity contribution in [3.8, 4) is 0 Å². The number of nitrogens with two attached hydrogens (primary N) is 1. The molecular weight excluding hydrogens is 220 g/mol. The first kappa shape index (κ1) is 11.6. The zero-order valence-corrected chi connectivity index (χ0v) is 10.1. The van der Waals surface area contributed by atoms with E-state index in [1.54, 1.807) is 4.68 Å². The van der Waals surface area contributed by atoms with Gasteiger partial charge in [-0.25, -0.2) is 4.68 Å². The third-order valence-corrected chi connectivity index (χ3v) is 2.47. The van der Waals surface area contributed by atoms with E-state index in [1.165, 1.54) is 0 Å². The van der Waals surface area contributed by atoms with Crippen molar-refractivity contribution < 1.29 is 4.52 Å². The Kier molecular flexibility index (Phi) is 3.36. The maximum absolute atomic E-state index is 5.70. The number of aromatic nitrogens is 5. The molecule has 2 N–H and O–H groups in total. The second kappa shape index (κ2) is 4.94. The molecule has 2 rings (SSSR count). The van der Waals surface area contributed by atoms with E-state index in [-0.39, 0.29) is 0 Å². The quantitative estimate of drug-likeness (QED) is 0.825. The van der Waals surface area contributed by atoms with Gasteiger partial charge in [0.1, 0.15) is 6.54 Å². The van der Waals surface area contributed by atoms with Gasteiger partial charge in [-0.2, -0.15) is 4.98 Å². The van der Waals surface area contributed by atoms with Gasteiger partial charge in [-0.05, 0) is 12.8 Å². The summed E-state index contributed by atoms with van der Waals surface area (Å²) in [6, 6.07) is 0. The highest BCUT2D eigenvalue weighted by molar-refractivity contribution is 5.32. The highest BCUT2D eigenvalue weighted by Gasteiger charge is 2.12. The summed E-state index contributed by atoms with van der Waals surface area (Å²) < 4.78 is 6.83. The maximum Gasteiger partial charge on any atom is 0.248 e. The Morgan fingerprint density at radius 3 is 2.88 bits per heavy atom. The molecule has 0 bridgehead atoms. The van der Waals surface area contributed by atoms with Gasteiger partial charge in [-0.3, -0.25) is 0 Å². The SMILES string of the molecule is CCCc1noc(Cn2nnc(N)c2CC)n1. The molecule has 0 spiro atoms. The number of hydrogen-bond acceptors (Lipinski definition) is 6. The molecule has 0 saturated heterocycles. The molecule has 0 aliphatic rings. The first-order valence-electron chi connectivity index (χ1n) is 5.73. The van der Waals surface area contributed by atoms with E-state index >= 15 is 0 Å². The molecule has 7 nitrogen and oxygen atoms in total. The van der Waals surface area contributed by atoms with Gasteiger partial charge < -0.3 is 10.3 Å². The molecule has 0 unspecified atom stereocenters. The Morgan fingerprint density at radius 1 is 1.35 bits per heavy atom. The fraction of sp³-hybridized carbons (Fsp3) is 0.600. The van der Waals surface area contributed by atoms with Gasteiger partial charge in [0.15, 0.2) is 11.6 Å². The lowest BCUT2D eigenvalue weighted by Crippen LogP contribution is -2.07. The van der Waals surface area contributed by atoms with Crippen molar-refractivity contribution in [1.82, 2.24) is 25.1 Å². The van der Waals surface area contributed by atoms with Crippen molar-refractivity contribution in [2.24, 2.45) is 0 Å². The van der Waals surface area contributed by atoms with Crippen LogP contribution >= 0.6 is 0 Å². The molecular formula is C10H16N6O. The molecule has 0 aliphatic carbocycles. The molecule has 0 aliphatic heterocycles. The second-order valence-electron chi connectivity index (χ2n) is 3.79. The molecule has 92 valence electrons. The van der Waals surface area contributed by atoms with Crippen molar-refractivity contribution in [3.05, 3.63) is 17.4 Å². The van der Waals surface area contributed by atoms with Crippen LogP contribution in [0.15, 0.2) is 4.52 Å². The van der Waals surface area contributed by atoms with Gasteiger partial charge in [0.2, 0.25) is 5.89 Å². The van der Waals surface area contributed by atoms with E-state index in [1.807, 2.05) is 6.92 Å². The Labute approximate surface area is 99.0 Å². The lowest BCUT2D eigenvalue weighted by molar-refractivity contribution is 0.358. The van der Waals surface area contributed by atoms with Gasteiger partial charge in [0, 0.05) is 6.42 Å². The van der Waals surface area contributed by atoms with Crippen LogP contribution in [0.1, 0.15) is 37.7 Å².